The molecular weight excluding hydrogens is 306 g/mol. The lowest BCUT2D eigenvalue weighted by Crippen LogP contribution is -2.38. The highest BCUT2D eigenvalue weighted by Crippen LogP contribution is 2.32. The minimum absolute atomic E-state index is 0.218. The van der Waals surface area contributed by atoms with Crippen molar-refractivity contribution in [2.75, 3.05) is 13.2 Å². The van der Waals surface area contributed by atoms with E-state index in [1.165, 1.54) is 17.1 Å². The average molecular weight is 337 g/mol. The molecule has 0 aromatic carbocycles. The summed E-state index contributed by atoms with van der Waals surface area (Å²) in [5, 5.41) is 0. The first-order chi connectivity index (χ1) is 10.8. The van der Waals surface area contributed by atoms with Crippen LogP contribution in [0.4, 0.5) is 0 Å². The van der Waals surface area contributed by atoms with E-state index in [1.807, 2.05) is 48.5 Å². The standard InChI is InChI=1S/C19H31NO4/c1-17(2,3)16(23)18(4,5)11-13-24-19(6,7)10-12-20-14(21)8-9-15(20)22/h8-9H,10-13H2,1-7H3. The van der Waals surface area contributed by atoms with Gasteiger partial charge in [-0.3, -0.25) is 19.3 Å². The Morgan fingerprint density at radius 3 is 1.92 bits per heavy atom. The third-order valence-corrected chi connectivity index (χ3v) is 4.35. The molecular formula is C19H31NO4. The van der Waals surface area contributed by atoms with Crippen molar-refractivity contribution in [3.05, 3.63) is 12.2 Å². The normalized spacial score (nSPS) is 16.2. The molecule has 5 heteroatoms. The molecule has 0 atom stereocenters. The minimum Gasteiger partial charge on any atom is -0.375 e. The second-order valence-corrected chi connectivity index (χ2v) is 8.73. The highest BCUT2D eigenvalue weighted by Gasteiger charge is 2.36. The van der Waals surface area contributed by atoms with E-state index in [4.69, 9.17) is 4.74 Å². The predicted octanol–water partition coefficient (Wildman–Crippen LogP) is 3.13. The maximum absolute atomic E-state index is 12.5. The van der Waals surface area contributed by atoms with Crippen LogP contribution in [0, 0.1) is 10.8 Å². The number of hydrogen-bond donors (Lipinski definition) is 0. The average Bonchev–Trinajstić information content (AvgIpc) is 2.73. The molecule has 0 saturated heterocycles. The number of carbonyl (C=O) groups excluding carboxylic acids is 3. The summed E-state index contributed by atoms with van der Waals surface area (Å²) in [5.41, 5.74) is -1.29. The predicted molar refractivity (Wildman–Crippen MR) is 93.4 cm³/mol. The Morgan fingerprint density at radius 2 is 1.46 bits per heavy atom. The van der Waals surface area contributed by atoms with E-state index in [0.29, 0.717) is 26.0 Å². The molecule has 5 nitrogen and oxygen atoms in total. The first-order valence-corrected chi connectivity index (χ1v) is 8.49. The van der Waals surface area contributed by atoms with Crippen LogP contribution in [0.2, 0.25) is 0 Å². The number of imide groups is 1. The topological polar surface area (TPSA) is 63.7 Å². The number of Topliss-reactive ketones (excluding diaryl/α,β-unsaturated/α-hetero) is 1. The monoisotopic (exact) mass is 337 g/mol. The SMILES string of the molecule is CC(C)(CCN1C(=O)C=CC1=O)OCCC(C)(C)C(=O)C(C)(C)C. The van der Waals surface area contributed by atoms with Gasteiger partial charge in [-0.15, -0.1) is 0 Å². The lowest BCUT2D eigenvalue weighted by atomic mass is 9.73. The van der Waals surface area contributed by atoms with Gasteiger partial charge in [-0.05, 0) is 26.7 Å². The van der Waals surface area contributed by atoms with Crippen molar-refractivity contribution in [1.29, 1.82) is 0 Å². The van der Waals surface area contributed by atoms with Crippen LogP contribution in [0.3, 0.4) is 0 Å². The molecule has 1 rings (SSSR count). The summed E-state index contributed by atoms with van der Waals surface area (Å²) in [7, 11) is 0. The van der Waals surface area contributed by atoms with Gasteiger partial charge in [0.15, 0.2) is 0 Å². The van der Waals surface area contributed by atoms with Crippen molar-refractivity contribution in [1.82, 2.24) is 4.90 Å². The van der Waals surface area contributed by atoms with Crippen LogP contribution < -0.4 is 0 Å². The molecule has 0 aromatic rings. The van der Waals surface area contributed by atoms with Gasteiger partial charge in [0.05, 0.1) is 5.60 Å². The Morgan fingerprint density at radius 1 is 0.958 bits per heavy atom. The molecule has 0 bridgehead atoms. The number of rotatable bonds is 8. The van der Waals surface area contributed by atoms with Gasteiger partial charge in [-0.25, -0.2) is 0 Å². The fraction of sp³-hybridized carbons (Fsp3) is 0.737. The quantitative estimate of drug-likeness (QED) is 0.638. The molecule has 136 valence electrons. The Balaban J connectivity index is 2.46. The van der Waals surface area contributed by atoms with Crippen LogP contribution in [0.25, 0.3) is 0 Å². The molecule has 1 aliphatic rings. The smallest absolute Gasteiger partial charge is 0.253 e. The summed E-state index contributed by atoms with van der Waals surface area (Å²) in [6.45, 7) is 14.4. The zero-order valence-corrected chi connectivity index (χ0v) is 16.1. The maximum atomic E-state index is 12.5. The van der Waals surface area contributed by atoms with Crippen LogP contribution in [-0.4, -0.2) is 41.3 Å². The maximum Gasteiger partial charge on any atom is 0.253 e. The molecule has 0 aliphatic carbocycles. The van der Waals surface area contributed by atoms with E-state index in [9.17, 15) is 14.4 Å². The molecule has 0 unspecified atom stereocenters. The van der Waals surface area contributed by atoms with Crippen molar-refractivity contribution < 1.29 is 19.1 Å². The summed E-state index contributed by atoms with van der Waals surface area (Å²) in [6, 6.07) is 0. The van der Waals surface area contributed by atoms with Gasteiger partial charge >= 0.3 is 0 Å². The van der Waals surface area contributed by atoms with Gasteiger partial charge < -0.3 is 4.74 Å². The molecule has 0 fully saturated rings. The Bertz CT molecular complexity index is 520. The molecule has 2 amide bonds. The van der Waals surface area contributed by atoms with Crippen LogP contribution in [-0.2, 0) is 19.1 Å². The van der Waals surface area contributed by atoms with E-state index in [-0.39, 0.29) is 23.0 Å². The number of hydrogen-bond acceptors (Lipinski definition) is 4. The summed E-state index contributed by atoms with van der Waals surface area (Å²) >= 11 is 0. The van der Waals surface area contributed by atoms with Gasteiger partial charge in [0, 0.05) is 36.1 Å². The molecule has 1 aliphatic heterocycles. The van der Waals surface area contributed by atoms with E-state index >= 15 is 0 Å². The third-order valence-electron chi connectivity index (χ3n) is 4.35. The number of carbonyl (C=O) groups is 3. The first-order valence-electron chi connectivity index (χ1n) is 8.49. The second-order valence-electron chi connectivity index (χ2n) is 8.73. The minimum atomic E-state index is -0.468. The van der Waals surface area contributed by atoms with E-state index in [1.54, 1.807) is 0 Å². The fourth-order valence-corrected chi connectivity index (χ4v) is 2.82. The number of ether oxygens (including phenoxy) is 1. The zero-order chi connectivity index (χ0) is 18.8. The fourth-order valence-electron chi connectivity index (χ4n) is 2.82. The second kappa shape index (κ2) is 7.18. The molecule has 0 spiro atoms. The van der Waals surface area contributed by atoms with Crippen LogP contribution in [0.5, 0.6) is 0 Å². The molecule has 0 N–H and O–H groups in total. The molecule has 1 heterocycles. The van der Waals surface area contributed by atoms with Crippen molar-refractivity contribution in [2.24, 2.45) is 10.8 Å². The van der Waals surface area contributed by atoms with Crippen molar-refractivity contribution >= 4 is 17.6 Å². The highest BCUT2D eigenvalue weighted by atomic mass is 16.5. The van der Waals surface area contributed by atoms with E-state index in [0.717, 1.165) is 0 Å². The van der Waals surface area contributed by atoms with Crippen LogP contribution in [0.15, 0.2) is 12.2 Å². The first kappa shape index (κ1) is 20.6. The Hall–Kier alpha value is -1.49. The van der Waals surface area contributed by atoms with Crippen LogP contribution in [0.1, 0.15) is 61.3 Å². The number of nitrogens with zero attached hydrogens (tertiary/aromatic N) is 1. The Kier molecular flexibility index (Phi) is 6.15. The lowest BCUT2D eigenvalue weighted by molar-refractivity contribution is -0.139. The van der Waals surface area contributed by atoms with Crippen LogP contribution >= 0.6 is 0 Å². The van der Waals surface area contributed by atoms with Gasteiger partial charge in [-0.1, -0.05) is 34.6 Å². The molecule has 24 heavy (non-hydrogen) atoms. The summed E-state index contributed by atoms with van der Waals surface area (Å²) < 4.78 is 5.94. The van der Waals surface area contributed by atoms with E-state index < -0.39 is 11.0 Å². The lowest BCUT2D eigenvalue weighted by Gasteiger charge is -2.33. The van der Waals surface area contributed by atoms with Gasteiger partial charge in [-0.2, -0.15) is 0 Å². The summed E-state index contributed by atoms with van der Waals surface area (Å²) in [4.78, 5) is 36.8. The van der Waals surface area contributed by atoms with Gasteiger partial charge in [0.2, 0.25) is 0 Å². The summed E-state index contributed by atoms with van der Waals surface area (Å²) in [5.74, 6) is -0.323. The van der Waals surface area contributed by atoms with E-state index in [2.05, 4.69) is 0 Å². The third kappa shape index (κ3) is 5.55. The van der Waals surface area contributed by atoms with Crippen molar-refractivity contribution in [3.63, 3.8) is 0 Å². The van der Waals surface area contributed by atoms with Gasteiger partial charge in [0.1, 0.15) is 5.78 Å². The summed E-state index contributed by atoms with van der Waals surface area (Å²) in [6.07, 6.45) is 3.77. The van der Waals surface area contributed by atoms with Gasteiger partial charge in [0.25, 0.3) is 11.8 Å². The molecule has 0 saturated carbocycles. The Labute approximate surface area is 145 Å². The van der Waals surface area contributed by atoms with Crippen molar-refractivity contribution in [3.8, 4) is 0 Å². The molecule has 0 aromatic heterocycles. The zero-order valence-electron chi connectivity index (χ0n) is 16.1. The highest BCUT2D eigenvalue weighted by molar-refractivity contribution is 6.12. The van der Waals surface area contributed by atoms with Crippen molar-refractivity contribution in [2.45, 2.75) is 66.9 Å². The number of amides is 2. The largest absolute Gasteiger partial charge is 0.375 e. The number of ketones is 1. The molecule has 0 radical (unpaired) electrons.